The van der Waals surface area contributed by atoms with Gasteiger partial charge in [0.25, 0.3) is 0 Å². The molecule has 70 heavy (non-hydrogen) atoms. The summed E-state index contributed by atoms with van der Waals surface area (Å²) in [6.45, 7) is 6.48. The van der Waals surface area contributed by atoms with Crippen LogP contribution in [0.15, 0.2) is 85.1 Å². The Morgan fingerprint density at radius 3 is 0.871 bits per heavy atom. The van der Waals surface area contributed by atoms with E-state index in [1.54, 1.807) is 0 Å². The SMILES string of the molecule is CC/C=C\C/C=C\C/C=C\C/C=C\C/C=C\C/C=C\C/C=C\CCCCCCCCCCCCCCCC(=O)OCC(COC(=O)CCCCCCCCCC)OC(=O)CCCCCCCCCCC. The summed E-state index contributed by atoms with van der Waals surface area (Å²) in [5.41, 5.74) is 0. The lowest BCUT2D eigenvalue weighted by Crippen LogP contribution is -2.30. The van der Waals surface area contributed by atoms with Gasteiger partial charge < -0.3 is 14.2 Å². The van der Waals surface area contributed by atoms with Crippen molar-refractivity contribution in [3.63, 3.8) is 0 Å². The van der Waals surface area contributed by atoms with E-state index in [9.17, 15) is 14.4 Å². The Labute approximate surface area is 433 Å². The summed E-state index contributed by atoms with van der Waals surface area (Å²) >= 11 is 0. The van der Waals surface area contributed by atoms with Crippen LogP contribution >= 0.6 is 0 Å². The summed E-state index contributed by atoms with van der Waals surface area (Å²) < 4.78 is 16.7. The fraction of sp³-hybridized carbons (Fsp3) is 0.734. The summed E-state index contributed by atoms with van der Waals surface area (Å²) in [5.74, 6) is -0.874. The van der Waals surface area contributed by atoms with Crippen molar-refractivity contribution >= 4 is 17.9 Å². The van der Waals surface area contributed by atoms with Crippen LogP contribution in [0.3, 0.4) is 0 Å². The van der Waals surface area contributed by atoms with Crippen molar-refractivity contribution in [3.05, 3.63) is 85.1 Å². The van der Waals surface area contributed by atoms with Crippen molar-refractivity contribution in [1.82, 2.24) is 0 Å². The molecule has 0 fully saturated rings. The Morgan fingerprint density at radius 2 is 0.557 bits per heavy atom. The number of hydrogen-bond acceptors (Lipinski definition) is 6. The van der Waals surface area contributed by atoms with Crippen molar-refractivity contribution < 1.29 is 28.6 Å². The molecule has 0 aromatic rings. The first kappa shape index (κ1) is 66.6. The lowest BCUT2D eigenvalue weighted by Gasteiger charge is -2.18. The number of rotatable bonds is 53. The molecule has 0 saturated heterocycles. The van der Waals surface area contributed by atoms with E-state index in [0.29, 0.717) is 19.3 Å². The molecule has 0 radical (unpaired) electrons. The second-order valence-corrected chi connectivity index (χ2v) is 19.5. The van der Waals surface area contributed by atoms with Crippen LogP contribution in [-0.2, 0) is 28.6 Å². The minimum atomic E-state index is -0.768. The number of esters is 3. The molecule has 1 atom stereocenters. The van der Waals surface area contributed by atoms with Crippen LogP contribution in [0.25, 0.3) is 0 Å². The average molecular weight is 976 g/mol. The standard InChI is InChI=1S/C64H110O6/c1-4-7-10-13-16-19-20-21-22-23-24-25-26-27-28-29-30-31-32-33-34-35-36-37-38-39-40-41-42-43-44-46-48-51-54-57-63(66)69-60-61(59-68-62(65)56-53-50-47-18-15-12-9-6-3)70-64(67)58-55-52-49-45-17-14-11-8-5-2/h7,10,16,19,21-22,24-25,27-28,30-31,33-34,61H,4-6,8-9,11-15,17-18,20,23,26,29,32,35-60H2,1-3H3/b10-7-,19-16-,22-21-,25-24-,28-27-,31-30-,34-33-. The molecule has 1 unspecified atom stereocenters. The molecule has 0 aliphatic carbocycles. The van der Waals surface area contributed by atoms with E-state index in [0.717, 1.165) is 103 Å². The maximum Gasteiger partial charge on any atom is 0.306 e. The molecule has 0 N–H and O–H groups in total. The molecule has 0 aliphatic rings. The molecule has 0 rings (SSSR count). The first-order chi connectivity index (χ1) is 34.5. The van der Waals surface area contributed by atoms with Crippen LogP contribution < -0.4 is 0 Å². The van der Waals surface area contributed by atoms with E-state index in [4.69, 9.17) is 14.2 Å². The highest BCUT2D eigenvalue weighted by Gasteiger charge is 2.19. The Hall–Kier alpha value is -3.41. The molecule has 0 amide bonds. The van der Waals surface area contributed by atoms with E-state index >= 15 is 0 Å². The minimum Gasteiger partial charge on any atom is -0.462 e. The lowest BCUT2D eigenvalue weighted by molar-refractivity contribution is -0.167. The Morgan fingerprint density at radius 1 is 0.300 bits per heavy atom. The van der Waals surface area contributed by atoms with Crippen molar-refractivity contribution in [2.24, 2.45) is 0 Å². The Bertz CT molecular complexity index is 1350. The molecule has 0 aromatic heterocycles. The molecule has 0 aromatic carbocycles. The average Bonchev–Trinajstić information content (AvgIpc) is 3.36. The largest absolute Gasteiger partial charge is 0.462 e. The van der Waals surface area contributed by atoms with Gasteiger partial charge in [-0.2, -0.15) is 0 Å². The van der Waals surface area contributed by atoms with Gasteiger partial charge in [-0.1, -0.05) is 273 Å². The first-order valence-corrected chi connectivity index (χ1v) is 29.6. The highest BCUT2D eigenvalue weighted by atomic mass is 16.6. The van der Waals surface area contributed by atoms with Gasteiger partial charge in [0.1, 0.15) is 13.2 Å². The molecule has 6 nitrogen and oxygen atoms in total. The van der Waals surface area contributed by atoms with Gasteiger partial charge in [0.15, 0.2) is 6.10 Å². The maximum atomic E-state index is 12.7. The fourth-order valence-electron chi connectivity index (χ4n) is 8.25. The molecular weight excluding hydrogens is 865 g/mol. The topological polar surface area (TPSA) is 78.9 Å². The normalized spacial score (nSPS) is 12.7. The Kier molecular flexibility index (Phi) is 55.3. The van der Waals surface area contributed by atoms with Crippen molar-refractivity contribution in [2.45, 2.75) is 290 Å². The van der Waals surface area contributed by atoms with Crippen molar-refractivity contribution in [1.29, 1.82) is 0 Å². The predicted molar refractivity (Wildman–Crippen MR) is 302 cm³/mol. The van der Waals surface area contributed by atoms with Crippen LogP contribution in [0, 0.1) is 0 Å². The summed E-state index contributed by atoms with van der Waals surface area (Å²) in [4.78, 5) is 37.8. The lowest BCUT2D eigenvalue weighted by atomic mass is 10.0. The zero-order valence-corrected chi connectivity index (χ0v) is 46.0. The van der Waals surface area contributed by atoms with Crippen molar-refractivity contribution in [2.75, 3.05) is 13.2 Å². The van der Waals surface area contributed by atoms with Crippen LogP contribution in [0.4, 0.5) is 0 Å². The summed E-state index contributed by atoms with van der Waals surface area (Å²) in [5, 5.41) is 0. The highest BCUT2D eigenvalue weighted by Crippen LogP contribution is 2.16. The number of allylic oxidation sites excluding steroid dienone is 14. The third kappa shape index (κ3) is 55.5. The number of hydrogen-bond donors (Lipinski definition) is 0. The Balaban J connectivity index is 3.97. The van der Waals surface area contributed by atoms with Gasteiger partial charge in [-0.05, 0) is 77.0 Å². The van der Waals surface area contributed by atoms with Gasteiger partial charge in [0.2, 0.25) is 0 Å². The molecule has 0 bridgehead atoms. The molecule has 0 spiro atoms. The highest BCUT2D eigenvalue weighted by molar-refractivity contribution is 5.71. The second kappa shape index (κ2) is 58.2. The third-order valence-electron chi connectivity index (χ3n) is 12.7. The van der Waals surface area contributed by atoms with Gasteiger partial charge >= 0.3 is 17.9 Å². The first-order valence-electron chi connectivity index (χ1n) is 29.6. The van der Waals surface area contributed by atoms with Gasteiger partial charge in [-0.3, -0.25) is 14.4 Å². The minimum absolute atomic E-state index is 0.0717. The summed E-state index contributed by atoms with van der Waals surface area (Å²) in [7, 11) is 0. The maximum absolute atomic E-state index is 12.7. The zero-order chi connectivity index (χ0) is 50.7. The summed E-state index contributed by atoms with van der Waals surface area (Å²) in [6, 6.07) is 0. The van der Waals surface area contributed by atoms with Gasteiger partial charge in [0, 0.05) is 19.3 Å². The third-order valence-corrected chi connectivity index (χ3v) is 12.7. The van der Waals surface area contributed by atoms with Gasteiger partial charge in [0.05, 0.1) is 0 Å². The molecule has 0 heterocycles. The van der Waals surface area contributed by atoms with Gasteiger partial charge in [-0.15, -0.1) is 0 Å². The zero-order valence-electron chi connectivity index (χ0n) is 46.0. The smallest absolute Gasteiger partial charge is 0.306 e. The van der Waals surface area contributed by atoms with Gasteiger partial charge in [-0.25, -0.2) is 0 Å². The van der Waals surface area contributed by atoms with Crippen LogP contribution in [-0.4, -0.2) is 37.2 Å². The number of carbonyl (C=O) groups excluding carboxylic acids is 3. The number of ether oxygens (including phenoxy) is 3. The second-order valence-electron chi connectivity index (χ2n) is 19.5. The monoisotopic (exact) mass is 975 g/mol. The van der Waals surface area contributed by atoms with E-state index in [1.165, 1.54) is 141 Å². The number of carbonyl (C=O) groups is 3. The molecule has 0 saturated carbocycles. The van der Waals surface area contributed by atoms with E-state index in [1.807, 2.05) is 0 Å². The summed E-state index contributed by atoms with van der Waals surface area (Å²) in [6.07, 6.45) is 76.2. The van der Waals surface area contributed by atoms with E-state index in [-0.39, 0.29) is 31.1 Å². The van der Waals surface area contributed by atoms with Crippen molar-refractivity contribution in [3.8, 4) is 0 Å². The molecule has 402 valence electrons. The molecule has 6 heteroatoms. The van der Waals surface area contributed by atoms with E-state index in [2.05, 4.69) is 106 Å². The molecule has 0 aliphatic heterocycles. The molecular formula is C64H110O6. The quantitative estimate of drug-likeness (QED) is 0.0261. The van der Waals surface area contributed by atoms with Crippen LogP contribution in [0.2, 0.25) is 0 Å². The fourth-order valence-corrected chi connectivity index (χ4v) is 8.25. The predicted octanol–water partition coefficient (Wildman–Crippen LogP) is 19.9. The van der Waals surface area contributed by atoms with Crippen LogP contribution in [0.1, 0.15) is 284 Å². The van der Waals surface area contributed by atoms with Crippen LogP contribution in [0.5, 0.6) is 0 Å². The van der Waals surface area contributed by atoms with E-state index < -0.39 is 6.10 Å². The number of unbranched alkanes of at least 4 members (excludes halogenated alkanes) is 28.